The van der Waals surface area contributed by atoms with Crippen molar-refractivity contribution in [3.63, 3.8) is 0 Å². The Labute approximate surface area is 156 Å². The molecular formula is C22H27N3O. The zero-order valence-electron chi connectivity index (χ0n) is 15.4. The second-order valence-corrected chi connectivity index (χ2v) is 6.86. The molecule has 2 aromatic carbocycles. The molecule has 0 saturated carbocycles. The van der Waals surface area contributed by atoms with Crippen molar-refractivity contribution in [3.8, 4) is 11.8 Å². The van der Waals surface area contributed by atoms with Crippen LogP contribution in [0, 0.1) is 17.2 Å². The average Bonchev–Trinajstić information content (AvgIpc) is 2.72. The fourth-order valence-electron chi connectivity index (χ4n) is 3.58. The first-order valence-electron chi connectivity index (χ1n) is 9.37. The summed E-state index contributed by atoms with van der Waals surface area (Å²) in [5, 5.41) is 13.5. The van der Waals surface area contributed by atoms with Crippen molar-refractivity contribution >= 4 is 5.69 Å². The maximum atomic E-state index is 9.91. The Hall–Kier alpha value is -2.51. The number of anilines is 1. The van der Waals surface area contributed by atoms with E-state index in [4.69, 9.17) is 4.74 Å². The molecule has 4 nitrogen and oxygen atoms in total. The van der Waals surface area contributed by atoms with Gasteiger partial charge in [0, 0.05) is 12.2 Å². The summed E-state index contributed by atoms with van der Waals surface area (Å²) in [5.74, 6) is 0.717. The predicted octanol–water partition coefficient (Wildman–Crippen LogP) is 4.47. The summed E-state index contributed by atoms with van der Waals surface area (Å²) in [7, 11) is 1.67. The van der Waals surface area contributed by atoms with Crippen molar-refractivity contribution in [2.24, 2.45) is 5.92 Å². The molecule has 0 radical (unpaired) electrons. The van der Waals surface area contributed by atoms with Crippen LogP contribution in [0.15, 0.2) is 54.6 Å². The van der Waals surface area contributed by atoms with E-state index >= 15 is 0 Å². The largest absolute Gasteiger partial charge is 0.497 e. The van der Waals surface area contributed by atoms with Crippen LogP contribution in [0.3, 0.4) is 0 Å². The SMILES string of the molecule is COc1ccc(N[C@H](c2ccccc2)[C@@H](C#N)CN2CCCCC2)cc1. The van der Waals surface area contributed by atoms with Gasteiger partial charge in [0.15, 0.2) is 0 Å². The number of hydrogen-bond donors (Lipinski definition) is 1. The van der Waals surface area contributed by atoms with Crippen LogP contribution in [0.1, 0.15) is 30.9 Å². The molecule has 2 aromatic rings. The van der Waals surface area contributed by atoms with Crippen molar-refractivity contribution in [1.29, 1.82) is 5.26 Å². The van der Waals surface area contributed by atoms with Gasteiger partial charge in [-0.25, -0.2) is 0 Å². The maximum absolute atomic E-state index is 9.91. The number of nitrogens with one attached hydrogen (secondary N) is 1. The summed E-state index contributed by atoms with van der Waals surface area (Å²) in [5.41, 5.74) is 2.14. The predicted molar refractivity (Wildman–Crippen MR) is 105 cm³/mol. The van der Waals surface area contributed by atoms with E-state index in [2.05, 4.69) is 28.4 Å². The lowest BCUT2D eigenvalue weighted by atomic mass is 9.92. The summed E-state index contributed by atoms with van der Waals surface area (Å²) in [6.07, 6.45) is 3.78. The highest BCUT2D eigenvalue weighted by Gasteiger charge is 2.26. The van der Waals surface area contributed by atoms with Crippen LogP contribution in [0.4, 0.5) is 5.69 Å². The molecule has 0 amide bonds. The highest BCUT2D eigenvalue weighted by molar-refractivity contribution is 5.49. The fraction of sp³-hybridized carbons (Fsp3) is 0.409. The summed E-state index contributed by atoms with van der Waals surface area (Å²) in [6, 6.07) is 20.7. The van der Waals surface area contributed by atoms with Gasteiger partial charge in [-0.15, -0.1) is 0 Å². The van der Waals surface area contributed by atoms with Crippen LogP contribution >= 0.6 is 0 Å². The molecule has 1 saturated heterocycles. The summed E-state index contributed by atoms with van der Waals surface area (Å²) < 4.78 is 5.24. The molecule has 1 aliphatic rings. The molecule has 0 aromatic heterocycles. The minimum Gasteiger partial charge on any atom is -0.497 e. The highest BCUT2D eigenvalue weighted by atomic mass is 16.5. The zero-order chi connectivity index (χ0) is 18.2. The quantitative estimate of drug-likeness (QED) is 0.801. The first-order valence-corrected chi connectivity index (χ1v) is 9.37. The fourth-order valence-corrected chi connectivity index (χ4v) is 3.58. The van der Waals surface area contributed by atoms with Gasteiger partial charge in [-0.2, -0.15) is 5.26 Å². The topological polar surface area (TPSA) is 48.3 Å². The minimum atomic E-state index is -0.113. The third-order valence-corrected chi connectivity index (χ3v) is 5.04. The standard InChI is InChI=1S/C22H27N3O/c1-26-21-12-10-20(11-13-21)24-22(18-8-4-2-5-9-18)19(16-23)17-25-14-6-3-7-15-25/h2,4-5,8-13,19,22,24H,3,6-7,14-15,17H2,1H3/t19-,22+/m0/s1. The first-order chi connectivity index (χ1) is 12.8. The van der Waals surface area contributed by atoms with Crippen LogP contribution in [-0.4, -0.2) is 31.6 Å². The molecule has 1 N–H and O–H groups in total. The van der Waals surface area contributed by atoms with Gasteiger partial charge in [0.1, 0.15) is 5.75 Å². The molecule has 26 heavy (non-hydrogen) atoms. The molecule has 0 unspecified atom stereocenters. The highest BCUT2D eigenvalue weighted by Crippen LogP contribution is 2.29. The van der Waals surface area contributed by atoms with Gasteiger partial charge in [0.05, 0.1) is 25.1 Å². The minimum absolute atomic E-state index is 0.0449. The number of piperidine rings is 1. The van der Waals surface area contributed by atoms with Gasteiger partial charge in [0.2, 0.25) is 0 Å². The number of ether oxygens (including phenoxy) is 1. The number of rotatable bonds is 7. The Bertz CT molecular complexity index is 702. The second kappa shape index (κ2) is 9.26. The van der Waals surface area contributed by atoms with Gasteiger partial charge >= 0.3 is 0 Å². The second-order valence-electron chi connectivity index (χ2n) is 6.86. The molecule has 1 aliphatic heterocycles. The van der Waals surface area contributed by atoms with Crippen LogP contribution in [0.25, 0.3) is 0 Å². The molecule has 1 fully saturated rings. The number of hydrogen-bond acceptors (Lipinski definition) is 4. The monoisotopic (exact) mass is 349 g/mol. The number of methoxy groups -OCH3 is 1. The third kappa shape index (κ3) is 4.77. The van der Waals surface area contributed by atoms with Gasteiger partial charge in [-0.05, 0) is 55.8 Å². The lowest BCUT2D eigenvalue weighted by Gasteiger charge is -2.32. The Morgan fingerprint density at radius 1 is 1.04 bits per heavy atom. The molecule has 1 heterocycles. The van der Waals surface area contributed by atoms with E-state index in [0.29, 0.717) is 0 Å². The zero-order valence-corrected chi connectivity index (χ0v) is 15.4. The Balaban J connectivity index is 1.80. The number of likely N-dealkylation sites (tertiary alicyclic amines) is 1. The van der Waals surface area contributed by atoms with E-state index in [1.165, 1.54) is 19.3 Å². The Kier molecular flexibility index (Phi) is 6.51. The van der Waals surface area contributed by atoms with Crippen molar-refractivity contribution in [1.82, 2.24) is 4.90 Å². The van der Waals surface area contributed by atoms with E-state index in [0.717, 1.165) is 36.6 Å². The van der Waals surface area contributed by atoms with Gasteiger partial charge < -0.3 is 15.0 Å². The normalized spacial score (nSPS) is 17.1. The Morgan fingerprint density at radius 3 is 2.35 bits per heavy atom. The molecule has 0 spiro atoms. The lowest BCUT2D eigenvalue weighted by molar-refractivity contribution is 0.204. The van der Waals surface area contributed by atoms with Crippen molar-refractivity contribution in [2.45, 2.75) is 25.3 Å². The van der Waals surface area contributed by atoms with Crippen LogP contribution in [0.2, 0.25) is 0 Å². The molecule has 2 atom stereocenters. The summed E-state index contributed by atoms with van der Waals surface area (Å²) in [4.78, 5) is 2.43. The van der Waals surface area contributed by atoms with Gasteiger partial charge in [-0.3, -0.25) is 0 Å². The van der Waals surface area contributed by atoms with Gasteiger partial charge in [0.25, 0.3) is 0 Å². The van der Waals surface area contributed by atoms with Crippen LogP contribution < -0.4 is 10.1 Å². The molecule has 136 valence electrons. The number of benzene rings is 2. The molecule has 0 aliphatic carbocycles. The molecule has 0 bridgehead atoms. The third-order valence-electron chi connectivity index (χ3n) is 5.04. The van der Waals surface area contributed by atoms with Crippen LogP contribution in [0.5, 0.6) is 5.75 Å². The number of nitriles is 1. The summed E-state index contributed by atoms with van der Waals surface area (Å²) >= 11 is 0. The first kappa shape index (κ1) is 18.3. The van der Waals surface area contributed by atoms with Gasteiger partial charge in [-0.1, -0.05) is 36.8 Å². The lowest BCUT2D eigenvalue weighted by Crippen LogP contribution is -2.37. The van der Waals surface area contributed by atoms with E-state index in [-0.39, 0.29) is 12.0 Å². The van der Waals surface area contributed by atoms with E-state index in [1.807, 2.05) is 42.5 Å². The average molecular weight is 349 g/mol. The Morgan fingerprint density at radius 2 is 1.73 bits per heavy atom. The van der Waals surface area contributed by atoms with Crippen molar-refractivity contribution in [2.75, 3.05) is 32.1 Å². The van der Waals surface area contributed by atoms with E-state index < -0.39 is 0 Å². The summed E-state index contributed by atoms with van der Waals surface area (Å²) in [6.45, 7) is 3.00. The molecule has 4 heteroatoms. The smallest absolute Gasteiger partial charge is 0.119 e. The number of nitrogens with zero attached hydrogens (tertiary/aromatic N) is 2. The van der Waals surface area contributed by atoms with E-state index in [1.54, 1.807) is 7.11 Å². The maximum Gasteiger partial charge on any atom is 0.119 e. The van der Waals surface area contributed by atoms with Crippen LogP contribution in [-0.2, 0) is 0 Å². The molecule has 3 rings (SSSR count). The van der Waals surface area contributed by atoms with Crippen molar-refractivity contribution < 1.29 is 4.74 Å². The van der Waals surface area contributed by atoms with Crippen molar-refractivity contribution in [3.05, 3.63) is 60.2 Å². The molecular weight excluding hydrogens is 322 g/mol. The van der Waals surface area contributed by atoms with E-state index in [9.17, 15) is 5.26 Å².